The van der Waals surface area contributed by atoms with Gasteiger partial charge in [0.15, 0.2) is 5.11 Å². The van der Waals surface area contributed by atoms with Crippen molar-refractivity contribution in [3.63, 3.8) is 0 Å². The fourth-order valence-corrected chi connectivity index (χ4v) is 2.49. The molecule has 0 atom stereocenters. The first kappa shape index (κ1) is 15.8. The zero-order chi connectivity index (χ0) is 15.2. The molecule has 0 unspecified atom stereocenters. The molecule has 0 spiro atoms. The molecule has 0 saturated carbocycles. The summed E-state index contributed by atoms with van der Waals surface area (Å²) >= 11 is 14.7. The smallest absolute Gasteiger partial charge is 0.189 e. The zero-order valence-electron chi connectivity index (χ0n) is 11.0. The summed E-state index contributed by atoms with van der Waals surface area (Å²) in [5, 5.41) is 4.01. The van der Waals surface area contributed by atoms with Gasteiger partial charge in [-0.05, 0) is 30.4 Å². The van der Waals surface area contributed by atoms with Crippen molar-refractivity contribution in [1.29, 1.82) is 0 Å². The molecule has 0 amide bonds. The predicted molar refractivity (Wildman–Crippen MR) is 97.1 cm³/mol. The standard InChI is InChI=1S/C15H13BrClN3S/c1-10(11-6-2-3-7-12(11)16)19-20-15(21)18-14-9-5-4-8-13(14)17/h2-9,19H,1H2,(H2,18,20,21). The summed E-state index contributed by atoms with van der Waals surface area (Å²) in [6.45, 7) is 3.97. The first-order valence-electron chi connectivity index (χ1n) is 6.09. The maximum atomic E-state index is 6.05. The third-order valence-corrected chi connectivity index (χ3v) is 3.87. The van der Waals surface area contributed by atoms with E-state index in [4.69, 9.17) is 23.8 Å². The van der Waals surface area contributed by atoms with Crippen LogP contribution in [0.15, 0.2) is 59.6 Å². The lowest BCUT2D eigenvalue weighted by atomic mass is 10.2. The van der Waals surface area contributed by atoms with Gasteiger partial charge in [0, 0.05) is 10.0 Å². The van der Waals surface area contributed by atoms with Crippen molar-refractivity contribution >= 4 is 56.2 Å². The lowest BCUT2D eigenvalue weighted by Gasteiger charge is -2.15. The molecule has 2 aromatic carbocycles. The van der Waals surface area contributed by atoms with Crippen LogP contribution in [0.25, 0.3) is 5.70 Å². The van der Waals surface area contributed by atoms with E-state index >= 15 is 0 Å². The quantitative estimate of drug-likeness (QED) is 0.535. The fraction of sp³-hybridized carbons (Fsp3) is 0. The molecule has 2 aromatic rings. The highest BCUT2D eigenvalue weighted by Gasteiger charge is 2.04. The fourth-order valence-electron chi connectivity index (χ4n) is 1.62. The van der Waals surface area contributed by atoms with E-state index in [0.29, 0.717) is 15.8 Å². The van der Waals surface area contributed by atoms with Crippen molar-refractivity contribution in [2.45, 2.75) is 0 Å². The van der Waals surface area contributed by atoms with E-state index < -0.39 is 0 Å². The van der Waals surface area contributed by atoms with Gasteiger partial charge in [-0.1, -0.05) is 64.4 Å². The Morgan fingerprint density at radius 2 is 1.71 bits per heavy atom. The summed E-state index contributed by atoms with van der Waals surface area (Å²) in [4.78, 5) is 0. The Morgan fingerprint density at radius 3 is 2.43 bits per heavy atom. The average Bonchev–Trinajstić information content (AvgIpc) is 2.48. The minimum Gasteiger partial charge on any atom is -0.330 e. The van der Waals surface area contributed by atoms with Gasteiger partial charge in [-0.3, -0.25) is 10.9 Å². The second kappa shape index (κ2) is 7.45. The predicted octanol–water partition coefficient (Wildman–Crippen LogP) is 4.56. The summed E-state index contributed by atoms with van der Waals surface area (Å²) in [6.07, 6.45) is 0. The van der Waals surface area contributed by atoms with Crippen LogP contribution in [0.1, 0.15) is 5.56 Å². The first-order valence-corrected chi connectivity index (χ1v) is 7.67. The van der Waals surface area contributed by atoms with Crippen molar-refractivity contribution < 1.29 is 0 Å². The molecule has 0 saturated heterocycles. The number of thiocarbonyl (C=S) groups is 1. The van der Waals surface area contributed by atoms with Gasteiger partial charge >= 0.3 is 0 Å². The van der Waals surface area contributed by atoms with Gasteiger partial charge in [-0.2, -0.15) is 0 Å². The van der Waals surface area contributed by atoms with E-state index in [2.05, 4.69) is 38.7 Å². The molecule has 0 radical (unpaired) electrons. The molecule has 0 fully saturated rings. The van der Waals surface area contributed by atoms with Crippen molar-refractivity contribution in [1.82, 2.24) is 10.9 Å². The highest BCUT2D eigenvalue weighted by molar-refractivity contribution is 9.10. The van der Waals surface area contributed by atoms with Crippen LogP contribution >= 0.6 is 39.7 Å². The molecule has 108 valence electrons. The van der Waals surface area contributed by atoms with Gasteiger partial charge in [0.05, 0.1) is 16.4 Å². The van der Waals surface area contributed by atoms with Crippen molar-refractivity contribution in [3.8, 4) is 0 Å². The minimum atomic E-state index is 0.399. The number of hydrogen-bond donors (Lipinski definition) is 3. The number of nitrogens with one attached hydrogen (secondary N) is 3. The van der Waals surface area contributed by atoms with E-state index in [-0.39, 0.29) is 0 Å². The van der Waals surface area contributed by atoms with Crippen LogP contribution in [0.4, 0.5) is 5.69 Å². The second-order valence-corrected chi connectivity index (χ2v) is 5.81. The van der Waals surface area contributed by atoms with Crippen LogP contribution in [0.3, 0.4) is 0 Å². The Balaban J connectivity index is 1.91. The first-order chi connectivity index (χ1) is 10.1. The van der Waals surface area contributed by atoms with E-state index in [0.717, 1.165) is 15.7 Å². The molecule has 3 N–H and O–H groups in total. The molecule has 0 aliphatic rings. The summed E-state index contributed by atoms with van der Waals surface area (Å²) in [5.74, 6) is 0. The molecule has 21 heavy (non-hydrogen) atoms. The number of anilines is 1. The van der Waals surface area contributed by atoms with E-state index in [9.17, 15) is 0 Å². The molecule has 0 bridgehead atoms. The van der Waals surface area contributed by atoms with Crippen LogP contribution < -0.4 is 16.2 Å². The maximum absolute atomic E-state index is 6.05. The van der Waals surface area contributed by atoms with Crippen LogP contribution in [0, 0.1) is 0 Å². The molecule has 2 rings (SSSR count). The summed E-state index contributed by atoms with van der Waals surface area (Å²) in [5.41, 5.74) is 8.22. The number of para-hydroxylation sites is 1. The highest BCUT2D eigenvalue weighted by atomic mass is 79.9. The van der Waals surface area contributed by atoms with Gasteiger partial charge in [-0.15, -0.1) is 0 Å². The summed E-state index contributed by atoms with van der Waals surface area (Å²) in [7, 11) is 0. The highest BCUT2D eigenvalue weighted by Crippen LogP contribution is 2.21. The van der Waals surface area contributed by atoms with Gasteiger partial charge in [0.25, 0.3) is 0 Å². The molecule has 0 aliphatic carbocycles. The summed E-state index contributed by atoms with van der Waals surface area (Å²) < 4.78 is 0.953. The Bertz CT molecular complexity index is 675. The number of halogens is 2. The lowest BCUT2D eigenvalue weighted by molar-refractivity contribution is 0.850. The van der Waals surface area contributed by atoms with E-state index in [1.165, 1.54) is 0 Å². The molecule has 0 aliphatic heterocycles. The summed E-state index contributed by atoms with van der Waals surface area (Å²) in [6, 6.07) is 15.2. The molecule has 0 aromatic heterocycles. The van der Waals surface area contributed by atoms with Gasteiger partial charge in [0.2, 0.25) is 0 Å². The lowest BCUT2D eigenvalue weighted by Crippen LogP contribution is -2.38. The topological polar surface area (TPSA) is 36.1 Å². The average molecular weight is 383 g/mol. The number of benzene rings is 2. The van der Waals surface area contributed by atoms with Crippen molar-refractivity contribution in [3.05, 3.63) is 70.2 Å². The molecule has 6 heteroatoms. The molecule has 0 heterocycles. The van der Waals surface area contributed by atoms with Crippen LogP contribution in [-0.4, -0.2) is 5.11 Å². The molecular weight excluding hydrogens is 370 g/mol. The zero-order valence-corrected chi connectivity index (χ0v) is 14.1. The van der Waals surface area contributed by atoms with Gasteiger partial charge in [-0.25, -0.2) is 0 Å². The number of hydrazine groups is 1. The maximum Gasteiger partial charge on any atom is 0.189 e. The van der Waals surface area contributed by atoms with E-state index in [1.54, 1.807) is 6.07 Å². The Morgan fingerprint density at radius 1 is 1.05 bits per heavy atom. The molecule has 3 nitrogen and oxygen atoms in total. The van der Waals surface area contributed by atoms with Gasteiger partial charge in [0.1, 0.15) is 0 Å². The van der Waals surface area contributed by atoms with Crippen molar-refractivity contribution in [2.24, 2.45) is 0 Å². The van der Waals surface area contributed by atoms with Crippen molar-refractivity contribution in [2.75, 3.05) is 5.32 Å². The third-order valence-electron chi connectivity index (χ3n) is 2.65. The monoisotopic (exact) mass is 381 g/mol. The van der Waals surface area contributed by atoms with Crippen LogP contribution in [-0.2, 0) is 0 Å². The van der Waals surface area contributed by atoms with Gasteiger partial charge < -0.3 is 5.32 Å². The Kier molecular flexibility index (Phi) is 5.61. The molecular formula is C15H13BrClN3S. The van der Waals surface area contributed by atoms with Crippen LogP contribution in [0.2, 0.25) is 5.02 Å². The SMILES string of the molecule is C=C(NNC(=S)Nc1ccccc1Cl)c1ccccc1Br. The number of hydrogen-bond acceptors (Lipinski definition) is 2. The van der Waals surface area contributed by atoms with Crippen LogP contribution in [0.5, 0.6) is 0 Å². The largest absolute Gasteiger partial charge is 0.330 e. The Hall–Kier alpha value is -1.56. The minimum absolute atomic E-state index is 0.399. The Labute approximate surface area is 142 Å². The number of rotatable bonds is 4. The third kappa shape index (κ3) is 4.46. The normalized spacial score (nSPS) is 9.81. The van der Waals surface area contributed by atoms with E-state index in [1.807, 2.05) is 42.5 Å². The second-order valence-electron chi connectivity index (χ2n) is 4.14.